The molecule has 18 heavy (non-hydrogen) atoms. The quantitative estimate of drug-likeness (QED) is 0.817. The molecule has 0 aromatic heterocycles. The first-order chi connectivity index (χ1) is 8.44. The first-order valence-electron chi connectivity index (χ1n) is 5.20. The van der Waals surface area contributed by atoms with E-state index in [-0.39, 0.29) is 18.1 Å². The Morgan fingerprint density at radius 2 is 2.06 bits per heavy atom. The highest BCUT2D eigenvalue weighted by molar-refractivity contribution is 7.88. The summed E-state index contributed by atoms with van der Waals surface area (Å²) in [6, 6.07) is 8.50. The summed E-state index contributed by atoms with van der Waals surface area (Å²) in [5, 5.41) is 8.86. The maximum Gasteiger partial charge on any atom is 0.215 e. The van der Waals surface area contributed by atoms with Crippen molar-refractivity contribution in [3.05, 3.63) is 35.4 Å². The third-order valence-corrected chi connectivity index (χ3v) is 4.31. The lowest BCUT2D eigenvalue weighted by atomic mass is 10.1. The van der Waals surface area contributed by atoms with E-state index in [1.165, 1.54) is 6.26 Å². The molecule has 0 bridgehead atoms. The maximum atomic E-state index is 11.7. The number of rotatable bonds is 6. The highest BCUT2D eigenvalue weighted by Crippen LogP contribution is 2.10. The van der Waals surface area contributed by atoms with Crippen LogP contribution in [0.15, 0.2) is 24.3 Å². The van der Waals surface area contributed by atoms with Gasteiger partial charge in [0.15, 0.2) is 0 Å². The second-order valence-corrected chi connectivity index (χ2v) is 7.06. The van der Waals surface area contributed by atoms with Gasteiger partial charge in [-0.3, -0.25) is 4.21 Å². The fourth-order valence-electron chi connectivity index (χ4n) is 1.35. The zero-order valence-corrected chi connectivity index (χ0v) is 11.6. The van der Waals surface area contributed by atoms with Gasteiger partial charge >= 0.3 is 0 Å². The molecule has 0 aliphatic carbocycles. The Labute approximate surface area is 109 Å². The second-order valence-electron chi connectivity index (χ2n) is 3.70. The van der Waals surface area contributed by atoms with E-state index in [0.717, 1.165) is 0 Å². The van der Waals surface area contributed by atoms with Crippen LogP contribution in [0.3, 0.4) is 0 Å². The highest BCUT2D eigenvalue weighted by atomic mass is 32.2. The van der Waals surface area contributed by atoms with Crippen molar-refractivity contribution < 1.29 is 12.6 Å². The molecule has 1 N–H and O–H groups in total. The summed E-state index contributed by atoms with van der Waals surface area (Å²) in [4.78, 5) is 0. The molecule has 0 heterocycles. The van der Waals surface area contributed by atoms with Crippen LogP contribution in [0.5, 0.6) is 0 Å². The van der Waals surface area contributed by atoms with Gasteiger partial charge in [-0.25, -0.2) is 13.1 Å². The third-order valence-electron chi connectivity index (χ3n) is 2.19. The molecule has 7 heteroatoms. The van der Waals surface area contributed by atoms with Crippen molar-refractivity contribution in [1.82, 2.24) is 4.72 Å². The van der Waals surface area contributed by atoms with Gasteiger partial charge in [0.25, 0.3) is 0 Å². The Morgan fingerprint density at radius 3 is 2.67 bits per heavy atom. The Balaban J connectivity index is 2.71. The Hall–Kier alpha value is -1.23. The zero-order chi connectivity index (χ0) is 13.6. The summed E-state index contributed by atoms with van der Waals surface area (Å²) in [7, 11) is -4.53. The third kappa shape index (κ3) is 4.96. The number of benzene rings is 1. The summed E-state index contributed by atoms with van der Waals surface area (Å²) in [6.45, 7) is 0.139. The topological polar surface area (TPSA) is 87.0 Å². The normalized spacial score (nSPS) is 12.9. The molecule has 0 aliphatic rings. The highest BCUT2D eigenvalue weighted by Gasteiger charge is 2.13. The molecule has 0 aliphatic heterocycles. The fourth-order valence-corrected chi connectivity index (χ4v) is 3.05. The van der Waals surface area contributed by atoms with Gasteiger partial charge in [0.2, 0.25) is 10.0 Å². The van der Waals surface area contributed by atoms with Crippen LogP contribution in [0, 0.1) is 11.3 Å². The van der Waals surface area contributed by atoms with Gasteiger partial charge in [-0.2, -0.15) is 5.26 Å². The molecule has 0 fully saturated rings. The molecule has 0 saturated carbocycles. The van der Waals surface area contributed by atoms with Gasteiger partial charge in [-0.15, -0.1) is 0 Å². The van der Waals surface area contributed by atoms with Crippen LogP contribution >= 0.6 is 0 Å². The lowest BCUT2D eigenvalue weighted by Crippen LogP contribution is -2.29. The molecule has 0 saturated heterocycles. The molecule has 98 valence electrons. The molecule has 0 radical (unpaired) electrons. The smallest absolute Gasteiger partial charge is 0.215 e. The number of sulfonamides is 1. The SMILES string of the molecule is CS(=O)CCNS(=O)(=O)Cc1ccccc1C#N. The van der Waals surface area contributed by atoms with Crippen LogP contribution in [0.4, 0.5) is 0 Å². The minimum atomic E-state index is -3.50. The van der Waals surface area contributed by atoms with Crippen LogP contribution in [0.25, 0.3) is 0 Å². The van der Waals surface area contributed by atoms with E-state index in [0.29, 0.717) is 11.1 Å². The Bertz CT molecular complexity index is 576. The lowest BCUT2D eigenvalue weighted by Gasteiger charge is -2.07. The summed E-state index contributed by atoms with van der Waals surface area (Å²) in [6.07, 6.45) is 1.51. The molecule has 5 nitrogen and oxygen atoms in total. The van der Waals surface area contributed by atoms with Gasteiger partial charge < -0.3 is 0 Å². The predicted molar refractivity (Wildman–Crippen MR) is 70.7 cm³/mol. The lowest BCUT2D eigenvalue weighted by molar-refractivity contribution is 0.583. The van der Waals surface area contributed by atoms with Crippen molar-refractivity contribution in [2.75, 3.05) is 18.6 Å². The van der Waals surface area contributed by atoms with Crippen molar-refractivity contribution in [1.29, 1.82) is 5.26 Å². The van der Waals surface area contributed by atoms with Gasteiger partial charge in [0.1, 0.15) is 0 Å². The predicted octanol–water partition coefficient (Wildman–Crippen LogP) is 0.356. The van der Waals surface area contributed by atoms with Crippen molar-refractivity contribution in [2.24, 2.45) is 0 Å². The molecule has 1 rings (SSSR count). The average Bonchev–Trinajstić information content (AvgIpc) is 2.28. The minimum absolute atomic E-state index is 0.139. The Kier molecular flexibility index (Phi) is 5.47. The van der Waals surface area contributed by atoms with Crippen LogP contribution in [0.2, 0.25) is 0 Å². The van der Waals surface area contributed by atoms with Gasteiger partial charge in [-0.1, -0.05) is 18.2 Å². The summed E-state index contributed by atoms with van der Waals surface area (Å²) in [5.41, 5.74) is 0.812. The number of hydrogen-bond donors (Lipinski definition) is 1. The van der Waals surface area contributed by atoms with E-state index in [1.807, 2.05) is 6.07 Å². The average molecular weight is 286 g/mol. The van der Waals surface area contributed by atoms with Crippen molar-refractivity contribution in [3.8, 4) is 6.07 Å². The molecular weight excluding hydrogens is 272 g/mol. The number of nitriles is 1. The first kappa shape index (κ1) is 14.8. The molecule has 1 aromatic rings. The second kappa shape index (κ2) is 6.64. The van der Waals surface area contributed by atoms with E-state index >= 15 is 0 Å². The van der Waals surface area contributed by atoms with Gasteiger partial charge in [-0.05, 0) is 11.6 Å². The standard InChI is InChI=1S/C11H14N2O3S2/c1-17(14)7-6-13-18(15,16)9-11-5-3-2-4-10(11)8-12/h2-5,13H,6-7,9H2,1H3. The van der Waals surface area contributed by atoms with Gasteiger partial charge in [0, 0.05) is 29.4 Å². The van der Waals surface area contributed by atoms with E-state index in [4.69, 9.17) is 5.26 Å². The van der Waals surface area contributed by atoms with Crippen molar-refractivity contribution in [2.45, 2.75) is 5.75 Å². The first-order valence-corrected chi connectivity index (χ1v) is 8.58. The molecule has 1 atom stereocenters. The minimum Gasteiger partial charge on any atom is -0.260 e. The van der Waals surface area contributed by atoms with E-state index in [1.54, 1.807) is 24.3 Å². The fraction of sp³-hybridized carbons (Fsp3) is 0.364. The number of nitrogens with one attached hydrogen (secondary N) is 1. The molecule has 1 aromatic carbocycles. The van der Waals surface area contributed by atoms with Crippen LogP contribution in [-0.2, 0) is 26.6 Å². The van der Waals surface area contributed by atoms with E-state index < -0.39 is 20.8 Å². The number of hydrogen-bond acceptors (Lipinski definition) is 4. The molecule has 0 spiro atoms. The largest absolute Gasteiger partial charge is 0.260 e. The summed E-state index contributed by atoms with van der Waals surface area (Å²) >= 11 is 0. The molecule has 1 unspecified atom stereocenters. The summed E-state index contributed by atoms with van der Waals surface area (Å²) in [5.74, 6) is 0.0339. The van der Waals surface area contributed by atoms with Crippen LogP contribution in [-0.4, -0.2) is 31.2 Å². The zero-order valence-electron chi connectivity index (χ0n) is 9.92. The van der Waals surface area contributed by atoms with Crippen LogP contribution in [0.1, 0.15) is 11.1 Å². The van der Waals surface area contributed by atoms with Crippen molar-refractivity contribution in [3.63, 3.8) is 0 Å². The molecular formula is C11H14N2O3S2. The molecule has 0 amide bonds. The number of nitrogens with zero attached hydrogens (tertiary/aromatic N) is 1. The Morgan fingerprint density at radius 1 is 1.39 bits per heavy atom. The van der Waals surface area contributed by atoms with E-state index in [2.05, 4.69) is 4.72 Å². The maximum absolute atomic E-state index is 11.7. The van der Waals surface area contributed by atoms with Gasteiger partial charge in [0.05, 0.1) is 17.4 Å². The summed E-state index contributed by atoms with van der Waals surface area (Å²) < 4.78 is 36.6. The van der Waals surface area contributed by atoms with E-state index in [9.17, 15) is 12.6 Å². The van der Waals surface area contributed by atoms with Crippen LogP contribution < -0.4 is 4.72 Å². The van der Waals surface area contributed by atoms with Crippen molar-refractivity contribution >= 4 is 20.8 Å². The monoisotopic (exact) mass is 286 g/mol.